The molecule has 1 N–H and O–H groups in total. The topological polar surface area (TPSA) is 105 Å². The van der Waals surface area contributed by atoms with Crippen LogP contribution in [0.5, 0.6) is 0 Å². The highest BCUT2D eigenvalue weighted by atomic mass is 16.4. The highest BCUT2D eigenvalue weighted by Gasteiger charge is 2.41. The average Bonchev–Trinajstić information content (AvgIpc) is 3.28. The summed E-state index contributed by atoms with van der Waals surface area (Å²) in [6, 6.07) is 11.2. The van der Waals surface area contributed by atoms with Crippen LogP contribution in [0.15, 0.2) is 59.5 Å². The number of amides is 1. The Labute approximate surface area is 200 Å². The molecule has 1 atom stereocenters. The van der Waals surface area contributed by atoms with E-state index in [0.29, 0.717) is 30.3 Å². The molecule has 0 radical (unpaired) electrons. The van der Waals surface area contributed by atoms with Crippen molar-refractivity contribution in [2.45, 2.75) is 38.1 Å². The highest BCUT2D eigenvalue weighted by Crippen LogP contribution is 2.43. The SMILES string of the molecule is Cc1cccn2nc([C@H]3c4nc[nH]c4CCN3C(=O)c3oc(-c4ccccn4)nc3C3CC3)cc12. The Kier molecular flexibility index (Phi) is 4.39. The molecule has 0 unspecified atom stereocenters. The number of nitrogens with one attached hydrogen (secondary N) is 1. The number of imidazole rings is 1. The Balaban J connectivity index is 1.34. The maximum absolute atomic E-state index is 14.1. The predicted octanol–water partition coefficient (Wildman–Crippen LogP) is 4.08. The van der Waals surface area contributed by atoms with Gasteiger partial charge in [0.05, 0.1) is 28.9 Å². The lowest BCUT2D eigenvalue weighted by molar-refractivity contribution is 0.0653. The zero-order valence-corrected chi connectivity index (χ0v) is 19.2. The fourth-order valence-electron chi connectivity index (χ4n) is 4.95. The fourth-order valence-corrected chi connectivity index (χ4v) is 4.95. The number of aryl methyl sites for hydroxylation is 1. The van der Waals surface area contributed by atoms with Crippen LogP contribution < -0.4 is 0 Å². The first kappa shape index (κ1) is 20.1. The Morgan fingerprint density at radius 2 is 2.06 bits per heavy atom. The van der Waals surface area contributed by atoms with Crippen molar-refractivity contribution in [3.05, 3.63) is 89.2 Å². The monoisotopic (exact) mass is 465 g/mol. The molecule has 5 aromatic heterocycles. The summed E-state index contributed by atoms with van der Waals surface area (Å²) in [7, 11) is 0. The Bertz CT molecular complexity index is 1560. The van der Waals surface area contributed by atoms with Gasteiger partial charge < -0.3 is 14.3 Å². The lowest BCUT2D eigenvalue weighted by Gasteiger charge is -2.33. The van der Waals surface area contributed by atoms with Crippen LogP contribution >= 0.6 is 0 Å². The molecule has 0 bridgehead atoms. The van der Waals surface area contributed by atoms with Crippen molar-refractivity contribution in [1.82, 2.24) is 34.4 Å². The number of aromatic amines is 1. The van der Waals surface area contributed by atoms with Gasteiger partial charge in [-0.05, 0) is 49.6 Å². The lowest BCUT2D eigenvalue weighted by Crippen LogP contribution is -2.41. The van der Waals surface area contributed by atoms with Gasteiger partial charge in [0.15, 0.2) is 0 Å². The lowest BCUT2D eigenvalue weighted by atomic mass is 9.99. The van der Waals surface area contributed by atoms with Crippen LogP contribution in [0.3, 0.4) is 0 Å². The van der Waals surface area contributed by atoms with E-state index in [-0.39, 0.29) is 11.8 Å². The van der Waals surface area contributed by atoms with Crippen molar-refractivity contribution in [3.8, 4) is 11.6 Å². The number of carbonyl (C=O) groups excluding carboxylic acids is 1. The number of fused-ring (bicyclic) bond motifs is 2. The Hall–Kier alpha value is -4.27. The Morgan fingerprint density at radius 3 is 2.86 bits per heavy atom. The van der Waals surface area contributed by atoms with E-state index in [2.05, 4.69) is 27.9 Å². The molecule has 0 saturated heterocycles. The van der Waals surface area contributed by atoms with E-state index in [1.807, 2.05) is 45.9 Å². The first-order valence-corrected chi connectivity index (χ1v) is 11.9. The van der Waals surface area contributed by atoms with Crippen molar-refractivity contribution >= 4 is 11.4 Å². The summed E-state index contributed by atoms with van der Waals surface area (Å²) in [6.07, 6.45) is 8.01. The second kappa shape index (κ2) is 7.63. The van der Waals surface area contributed by atoms with Gasteiger partial charge >= 0.3 is 0 Å². The van der Waals surface area contributed by atoms with Crippen molar-refractivity contribution in [2.75, 3.05) is 6.54 Å². The molecule has 174 valence electrons. The van der Waals surface area contributed by atoms with E-state index in [9.17, 15) is 4.79 Å². The molecule has 1 amide bonds. The molecular weight excluding hydrogens is 442 g/mol. The van der Waals surface area contributed by atoms with E-state index >= 15 is 0 Å². The van der Waals surface area contributed by atoms with Gasteiger partial charge in [-0.2, -0.15) is 5.10 Å². The Morgan fingerprint density at radius 1 is 1.14 bits per heavy atom. The number of H-pyrrole nitrogens is 1. The molecule has 0 spiro atoms. The van der Waals surface area contributed by atoms with Crippen LogP contribution in [-0.2, 0) is 6.42 Å². The molecule has 0 aromatic carbocycles. The van der Waals surface area contributed by atoms with E-state index in [1.54, 1.807) is 12.5 Å². The molecular formula is C26H23N7O2. The highest BCUT2D eigenvalue weighted by molar-refractivity contribution is 5.94. The molecule has 2 aliphatic rings. The normalized spacial score (nSPS) is 17.6. The minimum absolute atomic E-state index is 0.186. The van der Waals surface area contributed by atoms with Gasteiger partial charge in [-0.15, -0.1) is 0 Å². The number of nitrogens with zero attached hydrogens (tertiary/aromatic N) is 6. The summed E-state index contributed by atoms with van der Waals surface area (Å²) in [4.78, 5) is 32.8. The van der Waals surface area contributed by atoms with Crippen LogP contribution in [0, 0.1) is 6.92 Å². The van der Waals surface area contributed by atoms with Crippen molar-refractivity contribution in [2.24, 2.45) is 0 Å². The molecule has 1 aliphatic heterocycles. The van der Waals surface area contributed by atoms with Crippen LogP contribution in [0.1, 0.15) is 63.7 Å². The third-order valence-electron chi connectivity index (χ3n) is 6.89. The summed E-state index contributed by atoms with van der Waals surface area (Å²) in [5, 5.41) is 4.84. The average molecular weight is 466 g/mol. The van der Waals surface area contributed by atoms with Crippen molar-refractivity contribution in [1.29, 1.82) is 0 Å². The predicted molar refractivity (Wildman–Crippen MR) is 127 cm³/mol. The van der Waals surface area contributed by atoms with Gasteiger partial charge in [-0.25, -0.2) is 14.5 Å². The number of carbonyl (C=O) groups is 1. The van der Waals surface area contributed by atoms with Crippen LogP contribution in [0.4, 0.5) is 0 Å². The molecule has 35 heavy (non-hydrogen) atoms. The molecule has 1 saturated carbocycles. The molecule has 6 heterocycles. The number of hydrogen-bond donors (Lipinski definition) is 1. The van der Waals surface area contributed by atoms with Crippen LogP contribution in [0.2, 0.25) is 0 Å². The zero-order valence-electron chi connectivity index (χ0n) is 19.2. The standard InChI is InChI=1S/C26H23N7O2/c1-15-5-4-11-33-20(15)13-19(31-33)23-22-17(28-14-29-22)9-12-32(23)26(34)24-21(16-7-8-16)30-25(35-24)18-6-2-3-10-27-18/h2-6,10-11,13-14,16,23H,7-9,12H2,1H3,(H,28,29)/t23-/m0/s1. The smallest absolute Gasteiger partial charge is 0.292 e. The van der Waals surface area contributed by atoms with Gasteiger partial charge in [0, 0.05) is 37.0 Å². The van der Waals surface area contributed by atoms with Crippen LogP contribution in [0.25, 0.3) is 17.1 Å². The van der Waals surface area contributed by atoms with Gasteiger partial charge in [-0.3, -0.25) is 9.78 Å². The summed E-state index contributed by atoms with van der Waals surface area (Å²) in [5.74, 6) is 0.747. The largest absolute Gasteiger partial charge is 0.429 e. The first-order valence-electron chi connectivity index (χ1n) is 11.9. The number of rotatable bonds is 4. The van der Waals surface area contributed by atoms with E-state index < -0.39 is 6.04 Å². The second-order valence-electron chi connectivity index (χ2n) is 9.23. The van der Waals surface area contributed by atoms with Gasteiger partial charge in [-0.1, -0.05) is 12.1 Å². The summed E-state index contributed by atoms with van der Waals surface area (Å²) in [6.45, 7) is 2.58. The quantitative estimate of drug-likeness (QED) is 0.429. The molecule has 9 nitrogen and oxygen atoms in total. The number of aromatic nitrogens is 6. The van der Waals surface area contributed by atoms with E-state index in [1.165, 1.54) is 0 Å². The summed E-state index contributed by atoms with van der Waals surface area (Å²) >= 11 is 0. The van der Waals surface area contributed by atoms with E-state index in [4.69, 9.17) is 14.5 Å². The van der Waals surface area contributed by atoms with Gasteiger partial charge in [0.25, 0.3) is 5.91 Å². The van der Waals surface area contributed by atoms with E-state index in [0.717, 1.165) is 46.7 Å². The maximum Gasteiger partial charge on any atom is 0.292 e. The maximum atomic E-state index is 14.1. The first-order chi connectivity index (χ1) is 17.2. The fraction of sp³-hybridized carbons (Fsp3) is 0.269. The molecule has 5 aromatic rings. The van der Waals surface area contributed by atoms with Crippen molar-refractivity contribution < 1.29 is 9.21 Å². The molecule has 9 heteroatoms. The third-order valence-corrected chi connectivity index (χ3v) is 6.89. The number of oxazole rings is 1. The number of hydrogen-bond acceptors (Lipinski definition) is 6. The van der Waals surface area contributed by atoms with Crippen LogP contribution in [-0.4, -0.2) is 46.9 Å². The second-order valence-corrected chi connectivity index (χ2v) is 9.23. The molecule has 1 fully saturated rings. The summed E-state index contributed by atoms with van der Waals surface area (Å²) in [5.41, 5.74) is 6.10. The molecule has 7 rings (SSSR count). The van der Waals surface area contributed by atoms with Gasteiger partial charge in [0.2, 0.25) is 11.7 Å². The molecule has 1 aliphatic carbocycles. The number of pyridine rings is 2. The summed E-state index contributed by atoms with van der Waals surface area (Å²) < 4.78 is 7.99. The van der Waals surface area contributed by atoms with Crippen molar-refractivity contribution in [3.63, 3.8) is 0 Å². The minimum Gasteiger partial charge on any atom is -0.429 e. The third kappa shape index (κ3) is 3.26. The minimum atomic E-state index is -0.424. The van der Waals surface area contributed by atoms with Gasteiger partial charge in [0.1, 0.15) is 11.7 Å². The zero-order chi connectivity index (χ0) is 23.5.